The molecule has 0 bridgehead atoms. The summed E-state index contributed by atoms with van der Waals surface area (Å²) < 4.78 is 1.88. The number of hydrogen-bond acceptors (Lipinski definition) is 3. The highest BCUT2D eigenvalue weighted by Gasteiger charge is 2.12. The Morgan fingerprint density at radius 3 is 3.00 bits per heavy atom. The number of aryl methyl sites for hydroxylation is 2. The highest BCUT2D eigenvalue weighted by Crippen LogP contribution is 2.20. The van der Waals surface area contributed by atoms with Crippen molar-refractivity contribution >= 4 is 11.3 Å². The van der Waals surface area contributed by atoms with Crippen molar-refractivity contribution in [2.45, 2.75) is 32.2 Å². The van der Waals surface area contributed by atoms with E-state index in [9.17, 15) is 0 Å². The summed E-state index contributed by atoms with van der Waals surface area (Å²) in [5.41, 5.74) is 1.29. The zero-order chi connectivity index (χ0) is 12.8. The molecule has 98 valence electrons. The van der Waals surface area contributed by atoms with Crippen molar-refractivity contribution in [2.75, 3.05) is 6.54 Å². The van der Waals surface area contributed by atoms with Gasteiger partial charge in [-0.1, -0.05) is 13.0 Å². The van der Waals surface area contributed by atoms with Gasteiger partial charge in [-0.05, 0) is 37.3 Å². The summed E-state index contributed by atoms with van der Waals surface area (Å²) in [7, 11) is 1.97. The highest BCUT2D eigenvalue weighted by molar-refractivity contribution is 7.09. The van der Waals surface area contributed by atoms with Crippen molar-refractivity contribution in [1.29, 1.82) is 0 Å². The lowest BCUT2D eigenvalue weighted by Crippen LogP contribution is -2.22. The lowest BCUT2D eigenvalue weighted by atomic mass is 10.0. The Morgan fingerprint density at radius 1 is 1.50 bits per heavy atom. The van der Waals surface area contributed by atoms with Gasteiger partial charge in [0, 0.05) is 29.7 Å². The van der Waals surface area contributed by atoms with E-state index in [-0.39, 0.29) is 0 Å². The van der Waals surface area contributed by atoms with Crippen LogP contribution in [0.5, 0.6) is 0 Å². The molecule has 0 amide bonds. The number of thiophene rings is 1. The molecule has 0 fully saturated rings. The van der Waals surface area contributed by atoms with E-state index in [4.69, 9.17) is 0 Å². The molecule has 2 aromatic heterocycles. The monoisotopic (exact) mass is 263 g/mol. The minimum absolute atomic E-state index is 0.417. The maximum atomic E-state index is 4.27. The number of hydrogen-bond donors (Lipinski definition) is 1. The van der Waals surface area contributed by atoms with E-state index in [1.165, 1.54) is 10.4 Å². The average molecular weight is 263 g/mol. The molecule has 2 aromatic rings. The Balaban J connectivity index is 1.96. The van der Waals surface area contributed by atoms with Gasteiger partial charge in [0.1, 0.15) is 0 Å². The van der Waals surface area contributed by atoms with Gasteiger partial charge in [0.05, 0.1) is 6.20 Å². The first-order valence-electron chi connectivity index (χ1n) is 6.54. The van der Waals surface area contributed by atoms with E-state index in [1.807, 2.05) is 29.3 Å². The Kier molecular flexibility index (Phi) is 4.96. The van der Waals surface area contributed by atoms with Gasteiger partial charge in [-0.2, -0.15) is 5.10 Å². The third-order valence-corrected chi connectivity index (χ3v) is 3.96. The molecule has 1 unspecified atom stereocenters. The molecule has 0 aliphatic rings. The van der Waals surface area contributed by atoms with Gasteiger partial charge < -0.3 is 5.32 Å². The second-order valence-electron chi connectivity index (χ2n) is 4.57. The molecule has 0 spiro atoms. The van der Waals surface area contributed by atoms with Gasteiger partial charge in [0.2, 0.25) is 0 Å². The maximum absolute atomic E-state index is 4.27. The molecule has 1 N–H and O–H groups in total. The quantitative estimate of drug-likeness (QED) is 0.831. The summed E-state index contributed by atoms with van der Waals surface area (Å²) in [6.45, 7) is 3.26. The summed E-state index contributed by atoms with van der Waals surface area (Å²) in [5.74, 6) is 0. The Hall–Kier alpha value is -1.13. The Bertz CT molecular complexity index is 447. The largest absolute Gasteiger partial charge is 0.310 e. The van der Waals surface area contributed by atoms with Crippen molar-refractivity contribution in [2.24, 2.45) is 7.05 Å². The van der Waals surface area contributed by atoms with E-state index >= 15 is 0 Å². The minimum Gasteiger partial charge on any atom is -0.310 e. The standard InChI is InChI=1S/C14H21N3S/c1-3-8-15-14(12-10-16-17(2)11-12)7-6-13-5-4-9-18-13/h4-5,9-11,14-15H,3,6-8H2,1-2H3. The molecule has 0 aliphatic carbocycles. The van der Waals surface area contributed by atoms with Gasteiger partial charge in [-0.25, -0.2) is 0 Å². The van der Waals surface area contributed by atoms with Crippen molar-refractivity contribution < 1.29 is 0 Å². The van der Waals surface area contributed by atoms with Crippen LogP contribution in [0.4, 0.5) is 0 Å². The number of rotatable bonds is 7. The SMILES string of the molecule is CCCNC(CCc1cccs1)c1cnn(C)c1. The molecule has 0 saturated heterocycles. The van der Waals surface area contributed by atoms with E-state index in [2.05, 4.69) is 41.0 Å². The van der Waals surface area contributed by atoms with Crippen LogP contribution in [0.25, 0.3) is 0 Å². The van der Waals surface area contributed by atoms with E-state index in [1.54, 1.807) is 0 Å². The van der Waals surface area contributed by atoms with E-state index < -0.39 is 0 Å². The van der Waals surface area contributed by atoms with Gasteiger partial charge in [-0.3, -0.25) is 4.68 Å². The van der Waals surface area contributed by atoms with Crippen molar-refractivity contribution in [3.63, 3.8) is 0 Å². The molecule has 0 radical (unpaired) electrons. The van der Waals surface area contributed by atoms with Gasteiger partial charge in [0.25, 0.3) is 0 Å². The molecule has 4 heteroatoms. The minimum atomic E-state index is 0.417. The fraction of sp³-hybridized carbons (Fsp3) is 0.500. The summed E-state index contributed by atoms with van der Waals surface area (Å²) >= 11 is 1.84. The summed E-state index contributed by atoms with van der Waals surface area (Å²) in [6.07, 6.45) is 7.51. The second-order valence-corrected chi connectivity index (χ2v) is 5.60. The van der Waals surface area contributed by atoms with Crippen LogP contribution in [0.2, 0.25) is 0 Å². The van der Waals surface area contributed by atoms with Crippen LogP contribution in [0.1, 0.15) is 36.2 Å². The molecular weight excluding hydrogens is 242 g/mol. The maximum Gasteiger partial charge on any atom is 0.0537 e. The Morgan fingerprint density at radius 2 is 2.39 bits per heavy atom. The first-order valence-corrected chi connectivity index (χ1v) is 7.42. The van der Waals surface area contributed by atoms with Crippen LogP contribution in [0, 0.1) is 0 Å². The molecule has 0 aliphatic heterocycles. The first-order chi connectivity index (χ1) is 8.79. The first kappa shape index (κ1) is 13.3. The van der Waals surface area contributed by atoms with E-state index in [0.717, 1.165) is 25.8 Å². The zero-order valence-electron chi connectivity index (χ0n) is 11.1. The predicted octanol–water partition coefficient (Wildman–Crippen LogP) is 3.16. The zero-order valence-corrected chi connectivity index (χ0v) is 11.9. The Labute approximate surface area is 113 Å². The fourth-order valence-corrected chi connectivity index (χ4v) is 2.79. The molecule has 2 heterocycles. The number of nitrogens with zero attached hydrogens (tertiary/aromatic N) is 2. The van der Waals surface area contributed by atoms with Crippen LogP contribution < -0.4 is 5.32 Å². The summed E-state index contributed by atoms with van der Waals surface area (Å²) in [6, 6.07) is 4.75. The topological polar surface area (TPSA) is 29.9 Å². The average Bonchev–Trinajstić information content (AvgIpc) is 3.01. The lowest BCUT2D eigenvalue weighted by molar-refractivity contribution is 0.500. The van der Waals surface area contributed by atoms with Crippen LogP contribution in [-0.2, 0) is 13.5 Å². The van der Waals surface area contributed by atoms with Crippen LogP contribution >= 0.6 is 11.3 Å². The van der Waals surface area contributed by atoms with Crippen molar-refractivity contribution in [1.82, 2.24) is 15.1 Å². The van der Waals surface area contributed by atoms with E-state index in [0.29, 0.717) is 6.04 Å². The van der Waals surface area contributed by atoms with Gasteiger partial charge in [0.15, 0.2) is 0 Å². The molecule has 18 heavy (non-hydrogen) atoms. The fourth-order valence-electron chi connectivity index (χ4n) is 2.07. The van der Waals surface area contributed by atoms with Gasteiger partial charge in [-0.15, -0.1) is 11.3 Å². The second kappa shape index (κ2) is 6.71. The molecule has 0 saturated carbocycles. The van der Waals surface area contributed by atoms with Crippen LogP contribution in [-0.4, -0.2) is 16.3 Å². The smallest absolute Gasteiger partial charge is 0.0537 e. The third kappa shape index (κ3) is 3.68. The summed E-state index contributed by atoms with van der Waals surface area (Å²) in [5, 5.41) is 10.0. The molecule has 1 atom stereocenters. The number of nitrogens with one attached hydrogen (secondary N) is 1. The molecule has 2 rings (SSSR count). The number of aromatic nitrogens is 2. The van der Waals surface area contributed by atoms with Crippen LogP contribution in [0.3, 0.4) is 0 Å². The van der Waals surface area contributed by atoms with Crippen LogP contribution in [0.15, 0.2) is 29.9 Å². The molecule has 3 nitrogen and oxygen atoms in total. The van der Waals surface area contributed by atoms with Crippen molar-refractivity contribution in [3.05, 3.63) is 40.3 Å². The summed E-state index contributed by atoms with van der Waals surface area (Å²) in [4.78, 5) is 1.46. The lowest BCUT2D eigenvalue weighted by Gasteiger charge is -2.16. The molecule has 0 aromatic carbocycles. The normalized spacial score (nSPS) is 12.8. The van der Waals surface area contributed by atoms with Crippen molar-refractivity contribution in [3.8, 4) is 0 Å². The molecular formula is C14H21N3S. The predicted molar refractivity (Wildman–Crippen MR) is 76.9 cm³/mol. The third-order valence-electron chi connectivity index (χ3n) is 3.03. The highest BCUT2D eigenvalue weighted by atomic mass is 32.1. The van der Waals surface area contributed by atoms with Gasteiger partial charge >= 0.3 is 0 Å².